The molecule has 4 nitrogen and oxygen atoms in total. The van der Waals surface area contributed by atoms with Gasteiger partial charge in [0.15, 0.2) is 5.78 Å². The van der Waals surface area contributed by atoms with E-state index >= 15 is 0 Å². The van der Waals surface area contributed by atoms with Crippen molar-refractivity contribution in [2.75, 3.05) is 6.61 Å². The van der Waals surface area contributed by atoms with Gasteiger partial charge >= 0.3 is 0 Å². The van der Waals surface area contributed by atoms with Crippen molar-refractivity contribution in [3.63, 3.8) is 0 Å². The van der Waals surface area contributed by atoms with Crippen molar-refractivity contribution in [1.29, 1.82) is 0 Å². The van der Waals surface area contributed by atoms with E-state index in [1.807, 2.05) is 30.3 Å². The van der Waals surface area contributed by atoms with E-state index in [0.717, 1.165) is 36.0 Å². The van der Waals surface area contributed by atoms with E-state index in [0.29, 0.717) is 12.3 Å². The molecular formula is C25H29NO3. The first kappa shape index (κ1) is 19.8. The van der Waals surface area contributed by atoms with Crippen molar-refractivity contribution in [2.24, 2.45) is 5.92 Å². The molecule has 152 valence electrons. The minimum Gasteiger partial charge on any atom is -0.367 e. The first-order valence-electron chi connectivity index (χ1n) is 10.6. The van der Waals surface area contributed by atoms with Crippen LogP contribution in [0, 0.1) is 5.92 Å². The Bertz CT molecular complexity index is 892. The predicted molar refractivity (Wildman–Crippen MR) is 114 cm³/mol. The van der Waals surface area contributed by atoms with E-state index in [-0.39, 0.29) is 30.3 Å². The monoisotopic (exact) mass is 391 g/mol. The van der Waals surface area contributed by atoms with Crippen LogP contribution < -0.4 is 5.32 Å². The molecule has 2 aromatic rings. The molecule has 4 heteroatoms. The summed E-state index contributed by atoms with van der Waals surface area (Å²) in [5, 5.41) is 3.15. The average Bonchev–Trinajstić information content (AvgIpc) is 3.26. The van der Waals surface area contributed by atoms with Crippen molar-refractivity contribution in [2.45, 2.75) is 57.1 Å². The van der Waals surface area contributed by atoms with E-state index < -0.39 is 5.54 Å². The zero-order valence-electron chi connectivity index (χ0n) is 17.2. The summed E-state index contributed by atoms with van der Waals surface area (Å²) in [4.78, 5) is 26.0. The fraction of sp³-hybridized carbons (Fsp3) is 0.440. The van der Waals surface area contributed by atoms with E-state index in [2.05, 4.69) is 43.4 Å². The Morgan fingerprint density at radius 2 is 1.90 bits per heavy atom. The number of hydrogen-bond donors (Lipinski definition) is 1. The van der Waals surface area contributed by atoms with Gasteiger partial charge in [0.1, 0.15) is 12.1 Å². The molecule has 3 atom stereocenters. The van der Waals surface area contributed by atoms with Crippen LogP contribution in [-0.4, -0.2) is 29.9 Å². The number of rotatable bonds is 6. The highest BCUT2D eigenvalue weighted by Gasteiger charge is 2.55. The van der Waals surface area contributed by atoms with Crippen molar-refractivity contribution in [1.82, 2.24) is 5.32 Å². The summed E-state index contributed by atoms with van der Waals surface area (Å²) in [6, 6.07) is 18.4. The Labute approximate surface area is 172 Å². The van der Waals surface area contributed by atoms with Gasteiger partial charge in [0, 0.05) is 0 Å². The van der Waals surface area contributed by atoms with Crippen LogP contribution in [0.25, 0.3) is 11.1 Å². The second kappa shape index (κ2) is 8.11. The Morgan fingerprint density at radius 3 is 2.66 bits per heavy atom. The molecular weight excluding hydrogens is 362 g/mol. The molecule has 1 heterocycles. The molecule has 1 saturated carbocycles. The number of nitrogens with one attached hydrogen (secondary N) is 1. The van der Waals surface area contributed by atoms with Crippen molar-refractivity contribution >= 4 is 11.7 Å². The van der Waals surface area contributed by atoms with Gasteiger partial charge < -0.3 is 10.1 Å². The molecule has 1 aliphatic heterocycles. The van der Waals surface area contributed by atoms with Crippen molar-refractivity contribution < 1.29 is 14.3 Å². The van der Waals surface area contributed by atoms with Gasteiger partial charge in [-0.2, -0.15) is 0 Å². The molecule has 0 bridgehead atoms. The topological polar surface area (TPSA) is 55.4 Å². The highest BCUT2D eigenvalue weighted by Crippen LogP contribution is 2.39. The van der Waals surface area contributed by atoms with E-state index in [4.69, 9.17) is 4.74 Å². The summed E-state index contributed by atoms with van der Waals surface area (Å²) in [7, 11) is 0. The maximum Gasteiger partial charge on any atom is 0.228 e. The quantitative estimate of drug-likeness (QED) is 0.789. The number of amides is 1. The smallest absolute Gasteiger partial charge is 0.228 e. The molecule has 1 N–H and O–H groups in total. The molecule has 1 saturated heterocycles. The highest BCUT2D eigenvalue weighted by molar-refractivity contribution is 5.97. The molecule has 2 fully saturated rings. The number of ether oxygens (including phenoxy) is 1. The molecule has 1 amide bonds. The third-order valence-electron chi connectivity index (χ3n) is 6.27. The number of hydrogen-bond acceptors (Lipinski definition) is 3. The van der Waals surface area contributed by atoms with Gasteiger partial charge in [-0.1, -0.05) is 68.4 Å². The summed E-state index contributed by atoms with van der Waals surface area (Å²) < 4.78 is 5.67. The summed E-state index contributed by atoms with van der Waals surface area (Å²) in [6.45, 7) is 4.37. The molecule has 2 aromatic carbocycles. The first-order valence-corrected chi connectivity index (χ1v) is 10.6. The molecule has 1 aliphatic carbocycles. The van der Waals surface area contributed by atoms with Gasteiger partial charge in [-0.3, -0.25) is 9.59 Å². The molecule has 29 heavy (non-hydrogen) atoms. The number of carbonyl (C=O) groups excluding carboxylic acids is 2. The lowest BCUT2D eigenvalue weighted by molar-refractivity contribution is -0.131. The molecule has 0 radical (unpaired) electrons. The number of Topliss-reactive ketones (excluding diaryl/α,β-unsaturated/α-hetero) is 1. The van der Waals surface area contributed by atoms with Crippen LogP contribution in [0.1, 0.15) is 51.0 Å². The minimum absolute atomic E-state index is 0.0229. The number of benzene rings is 2. The standard InChI is InChI=1S/C25H29NO3/c1-17(2)14-21(20-11-6-10-19(15-20)18-8-4-3-5-9-18)24(28)26-25-13-7-12-23(25)29-16-22(25)27/h3-6,8-11,15,17,21,23H,7,12-14,16H2,1-2H3,(H,26,28)/t21?,23-,25+/m1/s1. The van der Waals surface area contributed by atoms with Gasteiger partial charge in [0.25, 0.3) is 0 Å². The van der Waals surface area contributed by atoms with Crippen LogP contribution in [0.15, 0.2) is 54.6 Å². The third-order valence-corrected chi connectivity index (χ3v) is 6.27. The van der Waals surface area contributed by atoms with Crippen LogP contribution in [0.5, 0.6) is 0 Å². The molecule has 0 aromatic heterocycles. The van der Waals surface area contributed by atoms with Gasteiger partial charge in [0.05, 0.1) is 12.0 Å². The van der Waals surface area contributed by atoms with Crippen LogP contribution in [-0.2, 0) is 14.3 Å². The second-order valence-corrected chi connectivity index (χ2v) is 8.75. The minimum atomic E-state index is -0.816. The molecule has 1 unspecified atom stereocenters. The summed E-state index contributed by atoms with van der Waals surface area (Å²) in [6.07, 6.45) is 2.99. The molecule has 2 aliphatic rings. The van der Waals surface area contributed by atoms with Crippen LogP contribution in [0.4, 0.5) is 0 Å². The number of fused-ring (bicyclic) bond motifs is 1. The predicted octanol–water partition coefficient (Wildman–Crippen LogP) is 4.49. The Hall–Kier alpha value is -2.46. The van der Waals surface area contributed by atoms with E-state index in [1.54, 1.807) is 0 Å². The lowest BCUT2D eigenvalue weighted by Gasteiger charge is -2.30. The summed E-state index contributed by atoms with van der Waals surface area (Å²) >= 11 is 0. The van der Waals surface area contributed by atoms with Gasteiger partial charge in [0.2, 0.25) is 5.91 Å². The fourth-order valence-corrected chi connectivity index (χ4v) is 4.77. The SMILES string of the molecule is CC(C)CC(C(=O)N[C@]12CCC[C@H]1OCC2=O)c1cccc(-c2ccccc2)c1. The lowest BCUT2D eigenvalue weighted by atomic mass is 9.85. The average molecular weight is 392 g/mol. The fourth-order valence-electron chi connectivity index (χ4n) is 4.77. The second-order valence-electron chi connectivity index (χ2n) is 8.75. The lowest BCUT2D eigenvalue weighted by Crippen LogP contribution is -2.57. The van der Waals surface area contributed by atoms with Crippen LogP contribution >= 0.6 is 0 Å². The Morgan fingerprint density at radius 1 is 1.14 bits per heavy atom. The van der Waals surface area contributed by atoms with Crippen LogP contribution in [0.3, 0.4) is 0 Å². The van der Waals surface area contributed by atoms with Gasteiger partial charge in [-0.25, -0.2) is 0 Å². The number of carbonyl (C=O) groups is 2. The largest absolute Gasteiger partial charge is 0.367 e. The van der Waals surface area contributed by atoms with E-state index in [9.17, 15) is 9.59 Å². The van der Waals surface area contributed by atoms with Crippen LogP contribution in [0.2, 0.25) is 0 Å². The zero-order chi connectivity index (χ0) is 20.4. The molecule has 4 rings (SSSR count). The third kappa shape index (κ3) is 3.86. The zero-order valence-corrected chi connectivity index (χ0v) is 17.2. The first-order chi connectivity index (χ1) is 14.0. The normalized spacial score (nSPS) is 24.5. The van der Waals surface area contributed by atoms with E-state index in [1.165, 1.54) is 0 Å². The van der Waals surface area contributed by atoms with Gasteiger partial charge in [-0.15, -0.1) is 0 Å². The Kier molecular flexibility index (Phi) is 5.55. The molecule has 0 spiro atoms. The van der Waals surface area contributed by atoms with Crippen molar-refractivity contribution in [3.8, 4) is 11.1 Å². The summed E-state index contributed by atoms with van der Waals surface area (Å²) in [5.41, 5.74) is 2.41. The van der Waals surface area contributed by atoms with Gasteiger partial charge in [-0.05, 0) is 48.3 Å². The maximum atomic E-state index is 13.4. The van der Waals surface area contributed by atoms with Crippen molar-refractivity contribution in [3.05, 3.63) is 60.2 Å². The maximum absolute atomic E-state index is 13.4. The summed E-state index contributed by atoms with van der Waals surface area (Å²) in [5.74, 6) is 0.0329. The highest BCUT2D eigenvalue weighted by atomic mass is 16.5. The number of ketones is 1. The Balaban J connectivity index is 1.63.